The molecule has 0 aliphatic carbocycles. The molecule has 0 radical (unpaired) electrons. The first-order chi connectivity index (χ1) is 9.73. The van der Waals surface area contributed by atoms with Gasteiger partial charge in [0.1, 0.15) is 11.9 Å². The molecule has 0 amide bonds. The van der Waals surface area contributed by atoms with Crippen LogP contribution in [0, 0.1) is 0 Å². The van der Waals surface area contributed by atoms with Gasteiger partial charge in [-0.05, 0) is 64.2 Å². The molecule has 4 heteroatoms. The molecule has 0 saturated carbocycles. The van der Waals surface area contributed by atoms with E-state index in [-0.39, 0.29) is 6.10 Å². The van der Waals surface area contributed by atoms with Gasteiger partial charge in [0, 0.05) is 10.6 Å². The lowest BCUT2D eigenvalue weighted by atomic mass is 10.1. The Bertz CT molecular complexity index is 513. The zero-order chi connectivity index (χ0) is 16.0. The fraction of sp³-hybridized carbons (Fsp3) is 0.412. The van der Waals surface area contributed by atoms with Crippen LogP contribution in [0.5, 0.6) is 0 Å². The summed E-state index contributed by atoms with van der Waals surface area (Å²) in [7, 11) is -1.61. The Morgan fingerprint density at radius 3 is 2.24 bits per heavy atom. The average molecular weight is 325 g/mol. The Kier molecular flexibility index (Phi) is 6.56. The van der Waals surface area contributed by atoms with E-state index in [0.717, 1.165) is 21.9 Å². The summed E-state index contributed by atoms with van der Waals surface area (Å²) in [5.41, 5.74) is 2.09. The number of rotatable bonds is 6. The van der Waals surface area contributed by atoms with Crippen LogP contribution in [0.1, 0.15) is 32.4 Å². The quantitative estimate of drug-likeness (QED) is 0.359. The highest BCUT2D eigenvalue weighted by Gasteiger charge is 2.18. The second-order valence-corrected chi connectivity index (χ2v) is 10.9. The van der Waals surface area contributed by atoms with Crippen molar-refractivity contribution < 1.29 is 9.16 Å². The van der Waals surface area contributed by atoms with Crippen LogP contribution >= 0.6 is 11.6 Å². The molecule has 1 aromatic carbocycles. The summed E-state index contributed by atoms with van der Waals surface area (Å²) in [6, 6.07) is 7.70. The zero-order valence-electron chi connectivity index (χ0n) is 13.7. The second kappa shape index (κ2) is 7.71. The highest BCUT2D eigenvalue weighted by Crippen LogP contribution is 2.22. The molecular formula is C17H25ClO2Si. The maximum Gasteiger partial charge on any atom is 0.242 e. The van der Waals surface area contributed by atoms with E-state index in [4.69, 9.17) is 20.8 Å². The molecule has 0 unspecified atom stereocenters. The highest BCUT2D eigenvalue weighted by molar-refractivity contribution is 6.70. The van der Waals surface area contributed by atoms with Crippen molar-refractivity contribution in [1.29, 1.82) is 0 Å². The van der Waals surface area contributed by atoms with Crippen LogP contribution in [-0.4, -0.2) is 8.32 Å². The molecule has 0 fully saturated rings. The van der Waals surface area contributed by atoms with E-state index >= 15 is 0 Å². The minimum atomic E-state index is -1.61. The fourth-order valence-corrected chi connectivity index (χ4v) is 2.84. The minimum absolute atomic E-state index is 0.0257. The molecule has 0 aromatic heterocycles. The molecule has 1 atom stereocenters. The van der Waals surface area contributed by atoms with Crippen molar-refractivity contribution >= 4 is 19.9 Å². The highest BCUT2D eigenvalue weighted by atomic mass is 35.5. The van der Waals surface area contributed by atoms with Crippen molar-refractivity contribution in [3.63, 3.8) is 0 Å². The van der Waals surface area contributed by atoms with Gasteiger partial charge in [0.2, 0.25) is 8.32 Å². The predicted molar refractivity (Wildman–Crippen MR) is 92.9 cm³/mol. The van der Waals surface area contributed by atoms with Crippen LogP contribution in [0.3, 0.4) is 0 Å². The molecule has 0 bridgehead atoms. The van der Waals surface area contributed by atoms with Crippen LogP contribution in [-0.2, 0) is 9.16 Å². The monoisotopic (exact) mass is 324 g/mol. The molecule has 2 nitrogen and oxygen atoms in total. The van der Waals surface area contributed by atoms with Gasteiger partial charge in [-0.2, -0.15) is 0 Å². The molecule has 0 saturated heterocycles. The van der Waals surface area contributed by atoms with Gasteiger partial charge in [0.15, 0.2) is 0 Å². The van der Waals surface area contributed by atoms with Crippen molar-refractivity contribution in [2.75, 3.05) is 0 Å². The number of benzene rings is 1. The Morgan fingerprint density at radius 1 is 1.19 bits per heavy atom. The van der Waals surface area contributed by atoms with Crippen molar-refractivity contribution in [1.82, 2.24) is 0 Å². The first kappa shape index (κ1) is 17.9. The largest absolute Gasteiger partial charge is 0.544 e. The maximum atomic E-state index is 6.04. The Balaban J connectivity index is 2.72. The molecule has 0 aliphatic heterocycles. The van der Waals surface area contributed by atoms with Crippen molar-refractivity contribution in [2.24, 2.45) is 0 Å². The van der Waals surface area contributed by atoms with Gasteiger partial charge in [-0.1, -0.05) is 23.7 Å². The summed E-state index contributed by atoms with van der Waals surface area (Å²) >= 11 is 5.89. The van der Waals surface area contributed by atoms with Gasteiger partial charge in [0.25, 0.3) is 0 Å². The van der Waals surface area contributed by atoms with Gasteiger partial charge in [-0.25, -0.2) is 0 Å². The van der Waals surface area contributed by atoms with Crippen molar-refractivity contribution in [3.8, 4) is 0 Å². The minimum Gasteiger partial charge on any atom is -0.544 e. The maximum absolute atomic E-state index is 6.04. The second-order valence-electron chi connectivity index (χ2n) is 6.00. The topological polar surface area (TPSA) is 18.5 Å². The summed E-state index contributed by atoms with van der Waals surface area (Å²) in [4.78, 5) is 0. The Morgan fingerprint density at radius 2 is 1.76 bits per heavy atom. The molecular weight excluding hydrogens is 300 g/mol. The summed E-state index contributed by atoms with van der Waals surface area (Å²) in [6.07, 6.45) is 3.73. The lowest BCUT2D eigenvalue weighted by molar-refractivity contribution is 0.161. The summed E-state index contributed by atoms with van der Waals surface area (Å²) in [5, 5.41) is 0.734. The molecule has 21 heavy (non-hydrogen) atoms. The third-order valence-corrected chi connectivity index (χ3v) is 3.94. The number of hydrogen-bond acceptors (Lipinski definition) is 2. The standard InChI is InChI=1S/C17H25ClO2Si/c1-7-17(20-21(4,5)6)13(2)12-19-14(3)15-8-10-16(18)11-9-15/h7-12,14H,1-6H3/b13-12+,17-7-/t14-/m1/s1. The Labute approximate surface area is 134 Å². The zero-order valence-corrected chi connectivity index (χ0v) is 15.5. The summed E-state index contributed by atoms with van der Waals surface area (Å²) < 4.78 is 11.9. The first-order valence-corrected chi connectivity index (χ1v) is 10.9. The molecule has 1 aromatic rings. The van der Waals surface area contributed by atoms with E-state index in [1.807, 2.05) is 51.1 Å². The molecule has 0 N–H and O–H groups in total. The van der Waals surface area contributed by atoms with E-state index in [2.05, 4.69) is 19.6 Å². The van der Waals surface area contributed by atoms with E-state index in [1.54, 1.807) is 6.26 Å². The lowest BCUT2D eigenvalue weighted by Gasteiger charge is -2.22. The molecule has 1 rings (SSSR count). The van der Waals surface area contributed by atoms with Crippen LogP contribution in [0.2, 0.25) is 24.7 Å². The lowest BCUT2D eigenvalue weighted by Crippen LogP contribution is -2.25. The first-order valence-electron chi connectivity index (χ1n) is 7.16. The molecule has 0 heterocycles. The number of allylic oxidation sites excluding steroid dienone is 2. The van der Waals surface area contributed by atoms with Gasteiger partial charge >= 0.3 is 0 Å². The van der Waals surface area contributed by atoms with Crippen molar-refractivity contribution in [2.45, 2.75) is 46.5 Å². The SMILES string of the molecule is C/C=C(O[Si](C)(C)C)/C(C)=C/O[C@H](C)c1ccc(Cl)cc1. The third-order valence-electron chi connectivity index (χ3n) is 2.86. The van der Waals surface area contributed by atoms with Gasteiger partial charge in [0.05, 0.1) is 6.26 Å². The van der Waals surface area contributed by atoms with Crippen LogP contribution < -0.4 is 0 Å². The normalized spacial score (nSPS) is 14.8. The van der Waals surface area contributed by atoms with E-state index in [0.29, 0.717) is 0 Å². The molecule has 0 spiro atoms. The molecule has 0 aliphatic rings. The van der Waals surface area contributed by atoms with Crippen molar-refractivity contribution in [3.05, 3.63) is 58.5 Å². The fourth-order valence-electron chi connectivity index (χ4n) is 1.77. The van der Waals surface area contributed by atoms with Gasteiger partial charge in [-0.3, -0.25) is 0 Å². The van der Waals surface area contributed by atoms with E-state index in [9.17, 15) is 0 Å². The van der Waals surface area contributed by atoms with Gasteiger partial charge < -0.3 is 9.16 Å². The Hall–Kier alpha value is -1.19. The van der Waals surface area contributed by atoms with E-state index in [1.165, 1.54) is 0 Å². The van der Waals surface area contributed by atoms with Crippen LogP contribution in [0.4, 0.5) is 0 Å². The van der Waals surface area contributed by atoms with Gasteiger partial charge in [-0.15, -0.1) is 0 Å². The summed E-state index contributed by atoms with van der Waals surface area (Å²) in [5.74, 6) is 0.900. The number of ether oxygens (including phenoxy) is 1. The number of halogens is 1. The predicted octanol–water partition coefficient (Wildman–Crippen LogP) is 6.08. The molecule has 116 valence electrons. The average Bonchev–Trinajstić information content (AvgIpc) is 2.41. The smallest absolute Gasteiger partial charge is 0.242 e. The third kappa shape index (κ3) is 6.40. The number of hydrogen-bond donors (Lipinski definition) is 0. The van der Waals surface area contributed by atoms with Crippen LogP contribution in [0.25, 0.3) is 0 Å². The van der Waals surface area contributed by atoms with Crippen LogP contribution in [0.15, 0.2) is 47.9 Å². The summed E-state index contributed by atoms with van der Waals surface area (Å²) in [6.45, 7) is 12.5. The van der Waals surface area contributed by atoms with E-state index < -0.39 is 8.32 Å².